The van der Waals surface area contributed by atoms with E-state index in [1.165, 1.54) is 4.90 Å². The second-order valence-electron chi connectivity index (χ2n) is 7.09. The lowest BCUT2D eigenvalue weighted by Gasteiger charge is -2.30. The van der Waals surface area contributed by atoms with E-state index in [0.29, 0.717) is 28.8 Å². The Balaban J connectivity index is 2.24. The summed E-state index contributed by atoms with van der Waals surface area (Å²) in [5.74, 6) is 0.0726. The first-order valence-corrected chi connectivity index (χ1v) is 10.7. The molecule has 162 valence electrons. The number of aryl methyl sites for hydroxylation is 2. The van der Waals surface area contributed by atoms with Gasteiger partial charge in [0.25, 0.3) is 5.91 Å². The van der Waals surface area contributed by atoms with Crippen LogP contribution in [0.1, 0.15) is 37.0 Å². The fraction of sp³-hybridized carbons (Fsp3) is 0.391. The number of halogens is 2. The molecule has 7 heteroatoms. The van der Waals surface area contributed by atoms with Crippen molar-refractivity contribution >= 4 is 35.0 Å². The molecule has 0 radical (unpaired) electrons. The summed E-state index contributed by atoms with van der Waals surface area (Å²) in [6.07, 6.45) is 0.473. The number of nitrogens with one attached hydrogen (secondary N) is 1. The molecular weight excluding hydrogens is 423 g/mol. The largest absolute Gasteiger partial charge is 0.484 e. The van der Waals surface area contributed by atoms with Crippen LogP contribution in [0.4, 0.5) is 0 Å². The summed E-state index contributed by atoms with van der Waals surface area (Å²) in [6.45, 7) is 8.00. The highest BCUT2D eigenvalue weighted by Crippen LogP contribution is 2.26. The van der Waals surface area contributed by atoms with Crippen molar-refractivity contribution in [2.75, 3.05) is 13.2 Å². The summed E-state index contributed by atoms with van der Waals surface area (Å²) in [6, 6.07) is 10.3. The molecular formula is C23H28Cl2N2O3. The van der Waals surface area contributed by atoms with Crippen molar-refractivity contribution in [1.82, 2.24) is 10.2 Å². The molecule has 0 aliphatic rings. The Morgan fingerprint density at radius 1 is 1.10 bits per heavy atom. The minimum atomic E-state index is -0.619. The van der Waals surface area contributed by atoms with Crippen LogP contribution in [-0.4, -0.2) is 35.9 Å². The first-order chi connectivity index (χ1) is 14.3. The molecule has 30 heavy (non-hydrogen) atoms. The van der Waals surface area contributed by atoms with E-state index in [1.54, 1.807) is 18.2 Å². The number of benzene rings is 2. The van der Waals surface area contributed by atoms with Gasteiger partial charge in [0.1, 0.15) is 11.8 Å². The van der Waals surface area contributed by atoms with Gasteiger partial charge in [0.05, 0.1) is 0 Å². The second-order valence-corrected chi connectivity index (χ2v) is 7.88. The molecule has 0 fully saturated rings. The number of nitrogens with zero attached hydrogens (tertiary/aromatic N) is 1. The molecule has 1 N–H and O–H groups in total. The zero-order chi connectivity index (χ0) is 22.3. The Bertz CT molecular complexity index is 879. The zero-order valence-electron chi connectivity index (χ0n) is 17.8. The number of hydrogen-bond donors (Lipinski definition) is 1. The predicted molar refractivity (Wildman–Crippen MR) is 121 cm³/mol. The van der Waals surface area contributed by atoms with Gasteiger partial charge in [-0.3, -0.25) is 9.59 Å². The van der Waals surface area contributed by atoms with E-state index < -0.39 is 6.04 Å². The normalized spacial score (nSPS) is 11.7. The third kappa shape index (κ3) is 6.13. The van der Waals surface area contributed by atoms with Gasteiger partial charge in [0, 0.05) is 23.1 Å². The van der Waals surface area contributed by atoms with E-state index in [9.17, 15) is 9.59 Å². The maximum absolute atomic E-state index is 13.1. The van der Waals surface area contributed by atoms with E-state index in [2.05, 4.69) is 5.32 Å². The van der Waals surface area contributed by atoms with E-state index in [-0.39, 0.29) is 25.0 Å². The molecule has 0 aliphatic heterocycles. The molecule has 5 nitrogen and oxygen atoms in total. The number of ether oxygens (including phenoxy) is 1. The molecule has 0 heterocycles. The van der Waals surface area contributed by atoms with Gasteiger partial charge in [-0.25, -0.2) is 0 Å². The quantitative estimate of drug-likeness (QED) is 0.588. The van der Waals surface area contributed by atoms with Gasteiger partial charge >= 0.3 is 0 Å². The average molecular weight is 451 g/mol. The van der Waals surface area contributed by atoms with Gasteiger partial charge in [0.2, 0.25) is 5.91 Å². The van der Waals surface area contributed by atoms with E-state index >= 15 is 0 Å². The smallest absolute Gasteiger partial charge is 0.261 e. The molecule has 0 saturated carbocycles. The van der Waals surface area contributed by atoms with Crippen LogP contribution in [0, 0.1) is 13.8 Å². The molecule has 0 aliphatic carbocycles. The number of hydrogen-bond acceptors (Lipinski definition) is 3. The number of amides is 2. The minimum absolute atomic E-state index is 0.194. The number of carbonyl (C=O) groups is 2. The molecule has 0 saturated heterocycles. The first kappa shape index (κ1) is 24.0. The van der Waals surface area contributed by atoms with Crippen molar-refractivity contribution in [2.45, 2.75) is 46.7 Å². The highest BCUT2D eigenvalue weighted by molar-refractivity contribution is 6.32. The van der Waals surface area contributed by atoms with Crippen LogP contribution in [0.2, 0.25) is 10.0 Å². The Morgan fingerprint density at radius 3 is 2.30 bits per heavy atom. The topological polar surface area (TPSA) is 58.6 Å². The maximum atomic E-state index is 13.1. The number of rotatable bonds is 9. The van der Waals surface area contributed by atoms with E-state index in [0.717, 1.165) is 16.7 Å². The monoisotopic (exact) mass is 450 g/mol. The van der Waals surface area contributed by atoms with Crippen molar-refractivity contribution in [3.63, 3.8) is 0 Å². The second kappa shape index (κ2) is 11.2. The molecule has 2 amide bonds. The van der Waals surface area contributed by atoms with E-state index in [4.69, 9.17) is 27.9 Å². The highest BCUT2D eigenvalue weighted by Gasteiger charge is 2.29. The number of likely N-dealkylation sites (N-methyl/N-ethyl adjacent to an activating group) is 1. The van der Waals surface area contributed by atoms with E-state index in [1.807, 2.05) is 45.9 Å². The molecule has 2 rings (SSSR count). The lowest BCUT2D eigenvalue weighted by Crippen LogP contribution is -2.50. The Morgan fingerprint density at radius 2 is 1.73 bits per heavy atom. The van der Waals surface area contributed by atoms with Crippen molar-refractivity contribution in [3.05, 3.63) is 63.1 Å². The van der Waals surface area contributed by atoms with Gasteiger partial charge in [0.15, 0.2) is 6.61 Å². The summed E-state index contributed by atoms with van der Waals surface area (Å²) < 4.78 is 5.75. The zero-order valence-corrected chi connectivity index (χ0v) is 19.3. The average Bonchev–Trinajstić information content (AvgIpc) is 2.71. The van der Waals surface area contributed by atoms with Gasteiger partial charge < -0.3 is 15.0 Å². The molecule has 2 aromatic carbocycles. The Hall–Kier alpha value is -2.24. The van der Waals surface area contributed by atoms with Crippen LogP contribution in [0.15, 0.2) is 36.4 Å². The Kier molecular flexibility index (Phi) is 9.00. The van der Waals surface area contributed by atoms with Crippen LogP contribution in [0.25, 0.3) is 0 Å². The summed E-state index contributed by atoms with van der Waals surface area (Å²) in [7, 11) is 0. The first-order valence-electron chi connectivity index (χ1n) is 9.98. The maximum Gasteiger partial charge on any atom is 0.261 e. The third-order valence-corrected chi connectivity index (χ3v) is 5.77. The van der Waals surface area contributed by atoms with Gasteiger partial charge in [-0.05, 0) is 62.1 Å². The predicted octanol–water partition coefficient (Wildman–Crippen LogP) is 4.93. The van der Waals surface area contributed by atoms with Crippen LogP contribution >= 0.6 is 23.2 Å². The standard InChI is InChI=1S/C23H28Cl2N2O3/c1-5-20(23(29)26-6-2)27(13-17-9-7-8-10-19(17)24)21(28)14-30-18-11-15(3)22(25)16(4)12-18/h7-12,20H,5-6,13-14H2,1-4H3,(H,26,29)/t20-/m0/s1. The van der Waals surface area contributed by atoms with Crippen molar-refractivity contribution in [1.29, 1.82) is 0 Å². The highest BCUT2D eigenvalue weighted by atomic mass is 35.5. The number of carbonyl (C=O) groups excluding carboxylic acids is 2. The molecule has 0 unspecified atom stereocenters. The van der Waals surface area contributed by atoms with Crippen LogP contribution in [-0.2, 0) is 16.1 Å². The van der Waals surface area contributed by atoms with Crippen molar-refractivity contribution in [2.24, 2.45) is 0 Å². The summed E-state index contributed by atoms with van der Waals surface area (Å²) in [5, 5.41) is 4.03. The third-order valence-electron chi connectivity index (χ3n) is 4.81. The lowest BCUT2D eigenvalue weighted by atomic mass is 10.1. The molecule has 1 atom stereocenters. The SMILES string of the molecule is CCNC(=O)[C@H](CC)N(Cc1ccccc1Cl)C(=O)COc1cc(C)c(Cl)c(C)c1. The van der Waals surface area contributed by atoms with Crippen LogP contribution in [0.3, 0.4) is 0 Å². The van der Waals surface area contributed by atoms with Crippen molar-refractivity contribution in [3.8, 4) is 5.75 Å². The molecule has 0 aromatic heterocycles. The van der Waals surface area contributed by atoms with Gasteiger partial charge in [-0.15, -0.1) is 0 Å². The Labute approximate surface area is 188 Å². The lowest BCUT2D eigenvalue weighted by molar-refractivity contribution is -0.142. The van der Waals surface area contributed by atoms with Crippen LogP contribution < -0.4 is 10.1 Å². The van der Waals surface area contributed by atoms with Crippen molar-refractivity contribution < 1.29 is 14.3 Å². The fourth-order valence-electron chi connectivity index (χ4n) is 3.24. The molecule has 0 spiro atoms. The van der Waals surface area contributed by atoms with Gasteiger partial charge in [-0.1, -0.05) is 48.3 Å². The summed E-state index contributed by atoms with van der Waals surface area (Å²) in [4.78, 5) is 27.3. The molecule has 2 aromatic rings. The summed E-state index contributed by atoms with van der Waals surface area (Å²) in [5.41, 5.74) is 2.52. The van der Waals surface area contributed by atoms with Gasteiger partial charge in [-0.2, -0.15) is 0 Å². The van der Waals surface area contributed by atoms with Crippen LogP contribution in [0.5, 0.6) is 5.75 Å². The molecule has 0 bridgehead atoms. The summed E-state index contributed by atoms with van der Waals surface area (Å²) >= 11 is 12.5. The fourth-order valence-corrected chi connectivity index (χ4v) is 3.54. The minimum Gasteiger partial charge on any atom is -0.484 e.